The highest BCUT2D eigenvalue weighted by Crippen LogP contribution is 2.17. The molecule has 2 N–H and O–H groups in total. The molecule has 0 unspecified atom stereocenters. The maximum absolute atomic E-state index is 13.1. The second-order valence-electron chi connectivity index (χ2n) is 6.79. The Kier molecular flexibility index (Phi) is 6.88. The molecule has 0 spiro atoms. The Morgan fingerprint density at radius 2 is 1.75 bits per heavy atom. The maximum Gasteiger partial charge on any atom is 0.270 e. The summed E-state index contributed by atoms with van der Waals surface area (Å²) in [7, 11) is 2.11. The molecular formula is C21H22BrClN3O2+. The van der Waals surface area contributed by atoms with Crippen LogP contribution >= 0.6 is 27.5 Å². The normalized spacial score (nSPS) is 15.4. The minimum Gasteiger partial charge on any atom is -0.334 e. The van der Waals surface area contributed by atoms with Crippen LogP contribution in [0.25, 0.3) is 6.08 Å². The third-order valence-electron chi connectivity index (χ3n) is 4.68. The molecule has 0 aromatic heterocycles. The predicted molar refractivity (Wildman–Crippen MR) is 114 cm³/mol. The van der Waals surface area contributed by atoms with Crippen molar-refractivity contribution < 1.29 is 14.5 Å². The van der Waals surface area contributed by atoms with Gasteiger partial charge in [0.15, 0.2) is 0 Å². The highest BCUT2D eigenvalue weighted by molar-refractivity contribution is 9.10. The number of piperazine rings is 1. The van der Waals surface area contributed by atoms with E-state index in [1.165, 1.54) is 4.90 Å². The first-order valence-corrected chi connectivity index (χ1v) is 10.2. The minimum atomic E-state index is -0.401. The van der Waals surface area contributed by atoms with Crippen LogP contribution in [0, 0.1) is 0 Å². The zero-order valence-corrected chi connectivity index (χ0v) is 17.9. The summed E-state index contributed by atoms with van der Waals surface area (Å²) in [5.74, 6) is -0.585. The largest absolute Gasteiger partial charge is 0.334 e. The van der Waals surface area contributed by atoms with Crippen molar-refractivity contribution in [2.75, 3.05) is 33.2 Å². The summed E-state index contributed by atoms with van der Waals surface area (Å²) in [6.45, 7) is 3.08. The molecular weight excluding hydrogens is 442 g/mol. The fraction of sp³-hybridized carbons (Fsp3) is 0.238. The molecule has 3 rings (SSSR count). The average molecular weight is 464 g/mol. The van der Waals surface area contributed by atoms with E-state index in [-0.39, 0.29) is 11.6 Å². The van der Waals surface area contributed by atoms with Gasteiger partial charge in [0.2, 0.25) is 0 Å². The van der Waals surface area contributed by atoms with Gasteiger partial charge < -0.3 is 15.1 Å². The Morgan fingerprint density at radius 3 is 2.39 bits per heavy atom. The lowest BCUT2D eigenvalue weighted by molar-refractivity contribution is -0.883. The van der Waals surface area contributed by atoms with E-state index in [4.69, 9.17) is 11.6 Å². The summed E-state index contributed by atoms with van der Waals surface area (Å²) in [5.41, 5.74) is 1.40. The first kappa shape index (κ1) is 20.6. The van der Waals surface area contributed by atoms with Crippen molar-refractivity contribution in [2.24, 2.45) is 0 Å². The highest BCUT2D eigenvalue weighted by Gasteiger charge is 2.25. The molecule has 2 amide bonds. The van der Waals surface area contributed by atoms with Crippen LogP contribution in [0.3, 0.4) is 0 Å². The number of halogens is 2. The molecule has 1 aliphatic rings. The number of nitrogens with zero attached hydrogens (tertiary/aromatic N) is 1. The molecule has 0 radical (unpaired) electrons. The van der Waals surface area contributed by atoms with Crippen LogP contribution in [0.1, 0.15) is 15.9 Å². The van der Waals surface area contributed by atoms with E-state index in [0.29, 0.717) is 23.7 Å². The lowest BCUT2D eigenvalue weighted by Crippen LogP contribution is -3.12. The number of hydrogen-bond donors (Lipinski definition) is 2. The Bertz CT molecular complexity index is 891. The average Bonchev–Trinajstić information content (AvgIpc) is 2.69. The fourth-order valence-corrected chi connectivity index (χ4v) is 3.46. The summed E-state index contributed by atoms with van der Waals surface area (Å²) in [4.78, 5) is 29.0. The number of rotatable bonds is 4. The van der Waals surface area contributed by atoms with Gasteiger partial charge in [0.1, 0.15) is 5.70 Å². The third kappa shape index (κ3) is 5.22. The molecule has 1 heterocycles. The standard InChI is InChI=1S/C21H21BrClN3O2/c1-25-10-12-26(13-11-25)21(28)19(14-15-6-8-16(22)9-7-15)24-20(27)17-4-2-3-5-18(17)23/h2-9,14H,10-13H2,1H3,(H,24,27)/p+1/b19-14-. The fourth-order valence-electron chi connectivity index (χ4n) is 2.97. The Morgan fingerprint density at radius 1 is 1.11 bits per heavy atom. The van der Waals surface area contributed by atoms with E-state index in [1.807, 2.05) is 24.3 Å². The smallest absolute Gasteiger partial charge is 0.270 e. The van der Waals surface area contributed by atoms with Gasteiger partial charge in [0, 0.05) is 4.47 Å². The van der Waals surface area contributed by atoms with Crippen molar-refractivity contribution in [1.82, 2.24) is 10.2 Å². The van der Waals surface area contributed by atoms with Gasteiger partial charge in [0.25, 0.3) is 11.8 Å². The number of benzene rings is 2. The molecule has 2 aromatic rings. The number of carbonyl (C=O) groups excluding carboxylic acids is 2. The van der Waals surface area contributed by atoms with Crippen LogP contribution in [-0.4, -0.2) is 49.9 Å². The predicted octanol–water partition coefficient (Wildman–Crippen LogP) is 2.23. The molecule has 0 aliphatic carbocycles. The van der Waals surface area contributed by atoms with Gasteiger partial charge in [-0.2, -0.15) is 0 Å². The van der Waals surface area contributed by atoms with Crippen molar-refractivity contribution in [3.05, 3.63) is 74.9 Å². The van der Waals surface area contributed by atoms with Gasteiger partial charge in [-0.3, -0.25) is 9.59 Å². The van der Waals surface area contributed by atoms with Crippen LogP contribution < -0.4 is 10.2 Å². The summed E-state index contributed by atoms with van der Waals surface area (Å²) < 4.78 is 0.944. The minimum absolute atomic E-state index is 0.184. The lowest BCUT2D eigenvalue weighted by atomic mass is 10.1. The molecule has 1 saturated heterocycles. The molecule has 7 heteroatoms. The number of quaternary nitrogens is 1. The maximum atomic E-state index is 13.1. The van der Waals surface area contributed by atoms with Gasteiger partial charge in [-0.25, -0.2) is 0 Å². The molecule has 1 fully saturated rings. The van der Waals surface area contributed by atoms with Crippen LogP contribution in [0.4, 0.5) is 0 Å². The van der Waals surface area contributed by atoms with Gasteiger partial charge >= 0.3 is 0 Å². The number of likely N-dealkylation sites (N-methyl/N-ethyl adjacent to an activating group) is 1. The Hall–Kier alpha value is -2.15. The highest BCUT2D eigenvalue weighted by atomic mass is 79.9. The summed E-state index contributed by atoms with van der Waals surface area (Å²) >= 11 is 9.55. The topological polar surface area (TPSA) is 53.9 Å². The van der Waals surface area contributed by atoms with Gasteiger partial charge in [-0.05, 0) is 35.9 Å². The number of carbonyl (C=O) groups is 2. The Labute approximate surface area is 178 Å². The van der Waals surface area contributed by atoms with Crippen molar-refractivity contribution >= 4 is 45.4 Å². The van der Waals surface area contributed by atoms with Gasteiger partial charge in [-0.1, -0.05) is 51.8 Å². The molecule has 1 aliphatic heterocycles. The zero-order chi connectivity index (χ0) is 20.1. The van der Waals surface area contributed by atoms with E-state index < -0.39 is 5.91 Å². The molecule has 146 valence electrons. The van der Waals surface area contributed by atoms with Crippen LogP contribution in [0.15, 0.2) is 58.7 Å². The van der Waals surface area contributed by atoms with Crippen molar-refractivity contribution in [2.45, 2.75) is 0 Å². The number of amides is 2. The zero-order valence-electron chi connectivity index (χ0n) is 15.5. The van der Waals surface area contributed by atoms with Crippen LogP contribution in [-0.2, 0) is 4.79 Å². The molecule has 2 aromatic carbocycles. The Balaban J connectivity index is 1.87. The summed E-state index contributed by atoms with van der Waals surface area (Å²) in [5, 5.41) is 3.12. The number of nitrogens with one attached hydrogen (secondary N) is 2. The van der Waals surface area contributed by atoms with Crippen molar-refractivity contribution in [3.8, 4) is 0 Å². The first-order chi connectivity index (χ1) is 13.4. The lowest BCUT2D eigenvalue weighted by Gasteiger charge is -2.30. The van der Waals surface area contributed by atoms with E-state index in [2.05, 4.69) is 28.3 Å². The first-order valence-electron chi connectivity index (χ1n) is 9.08. The van der Waals surface area contributed by atoms with Gasteiger partial charge in [0.05, 0.1) is 43.8 Å². The van der Waals surface area contributed by atoms with Crippen LogP contribution in [0.2, 0.25) is 5.02 Å². The molecule has 0 saturated carbocycles. The molecule has 0 bridgehead atoms. The van der Waals surface area contributed by atoms with Crippen molar-refractivity contribution in [1.29, 1.82) is 0 Å². The van der Waals surface area contributed by atoms with E-state index in [1.54, 1.807) is 35.2 Å². The second-order valence-corrected chi connectivity index (χ2v) is 8.12. The quantitative estimate of drug-likeness (QED) is 0.683. The molecule has 5 nitrogen and oxygen atoms in total. The third-order valence-corrected chi connectivity index (χ3v) is 5.54. The van der Waals surface area contributed by atoms with E-state index in [9.17, 15) is 9.59 Å². The van der Waals surface area contributed by atoms with Gasteiger partial charge in [-0.15, -0.1) is 0 Å². The SMILES string of the molecule is C[NH+]1CCN(C(=O)/C(=C/c2ccc(Br)cc2)NC(=O)c2ccccc2Cl)CC1. The summed E-state index contributed by atoms with van der Waals surface area (Å²) in [6, 6.07) is 14.3. The molecule has 28 heavy (non-hydrogen) atoms. The van der Waals surface area contributed by atoms with E-state index in [0.717, 1.165) is 23.1 Å². The van der Waals surface area contributed by atoms with E-state index >= 15 is 0 Å². The summed E-state index contributed by atoms with van der Waals surface area (Å²) in [6.07, 6.45) is 1.70. The molecule has 0 atom stereocenters. The van der Waals surface area contributed by atoms with Crippen molar-refractivity contribution in [3.63, 3.8) is 0 Å². The van der Waals surface area contributed by atoms with Crippen LogP contribution in [0.5, 0.6) is 0 Å². The number of hydrogen-bond acceptors (Lipinski definition) is 2. The second kappa shape index (κ2) is 9.37. The monoisotopic (exact) mass is 462 g/mol.